The molecular weight excluding hydrogens is 368 g/mol. The molecule has 11 heteroatoms. The first-order chi connectivity index (χ1) is 13.2. The Kier molecular flexibility index (Phi) is 6.29. The van der Waals surface area contributed by atoms with E-state index in [-0.39, 0.29) is 24.0 Å². The standard InChI is InChI=1S/C17H22N6O5/c1-9-6-19-12(10(2)14(9)27-4)8-22(11(3)16(24)28-5)15-13(23(25)26)7-20-17(18)21-15/h6-7,11H,8H2,1-5H3,(H2,18,20,21)/t11-/m0/s1. The van der Waals surface area contributed by atoms with Crippen LogP contribution < -0.4 is 15.4 Å². The number of nitrogens with zero attached hydrogens (tertiary/aromatic N) is 5. The van der Waals surface area contributed by atoms with Crippen molar-refractivity contribution in [3.05, 3.63) is 39.3 Å². The second-order valence-corrected chi connectivity index (χ2v) is 6.07. The van der Waals surface area contributed by atoms with Crippen molar-refractivity contribution < 1.29 is 19.2 Å². The summed E-state index contributed by atoms with van der Waals surface area (Å²) in [7, 11) is 2.78. The third-order valence-corrected chi connectivity index (χ3v) is 4.32. The van der Waals surface area contributed by atoms with Crippen LogP contribution in [-0.4, -0.2) is 46.1 Å². The molecule has 2 aromatic heterocycles. The van der Waals surface area contributed by atoms with Gasteiger partial charge in [-0.2, -0.15) is 4.98 Å². The Morgan fingerprint density at radius 1 is 1.32 bits per heavy atom. The van der Waals surface area contributed by atoms with E-state index >= 15 is 0 Å². The topological polar surface area (TPSA) is 147 Å². The van der Waals surface area contributed by atoms with E-state index in [1.54, 1.807) is 20.2 Å². The van der Waals surface area contributed by atoms with E-state index in [4.69, 9.17) is 15.2 Å². The van der Waals surface area contributed by atoms with Gasteiger partial charge in [0.1, 0.15) is 18.0 Å². The number of esters is 1. The van der Waals surface area contributed by atoms with E-state index in [1.807, 2.05) is 13.8 Å². The van der Waals surface area contributed by atoms with Crippen molar-refractivity contribution in [1.29, 1.82) is 0 Å². The van der Waals surface area contributed by atoms with Gasteiger partial charge in [-0.1, -0.05) is 0 Å². The van der Waals surface area contributed by atoms with Crippen LogP contribution in [0, 0.1) is 24.0 Å². The second-order valence-electron chi connectivity index (χ2n) is 6.07. The summed E-state index contributed by atoms with van der Waals surface area (Å²) in [5.41, 5.74) is 7.40. The molecule has 0 bridgehead atoms. The van der Waals surface area contributed by atoms with Crippen molar-refractivity contribution in [2.24, 2.45) is 0 Å². The molecule has 0 saturated heterocycles. The van der Waals surface area contributed by atoms with Gasteiger partial charge < -0.3 is 20.1 Å². The highest BCUT2D eigenvalue weighted by Gasteiger charge is 2.31. The Balaban J connectivity index is 2.62. The number of aryl methyl sites for hydroxylation is 1. The molecule has 1 atom stereocenters. The van der Waals surface area contributed by atoms with Gasteiger partial charge in [0.2, 0.25) is 11.8 Å². The summed E-state index contributed by atoms with van der Waals surface area (Å²) < 4.78 is 10.2. The van der Waals surface area contributed by atoms with E-state index in [0.717, 1.165) is 17.3 Å². The van der Waals surface area contributed by atoms with Gasteiger partial charge in [-0.05, 0) is 20.8 Å². The highest BCUT2D eigenvalue weighted by molar-refractivity contribution is 5.80. The summed E-state index contributed by atoms with van der Waals surface area (Å²) >= 11 is 0. The maximum Gasteiger partial charge on any atom is 0.329 e. The number of ether oxygens (including phenoxy) is 2. The van der Waals surface area contributed by atoms with E-state index in [1.165, 1.54) is 12.0 Å². The van der Waals surface area contributed by atoms with Crippen LogP contribution in [0.1, 0.15) is 23.7 Å². The van der Waals surface area contributed by atoms with Gasteiger partial charge >= 0.3 is 11.7 Å². The van der Waals surface area contributed by atoms with Crippen molar-refractivity contribution in [3.8, 4) is 5.75 Å². The predicted octanol–water partition coefficient (Wildman–Crippen LogP) is 1.56. The SMILES string of the molecule is COC(=O)[C@H](C)N(Cc1ncc(C)c(OC)c1C)c1nc(N)ncc1[N+](=O)[O-]. The number of hydrogen-bond donors (Lipinski definition) is 1. The minimum Gasteiger partial charge on any atom is -0.496 e. The van der Waals surface area contributed by atoms with Crippen LogP contribution in [0.5, 0.6) is 5.75 Å². The van der Waals surface area contributed by atoms with Crippen molar-refractivity contribution in [2.75, 3.05) is 24.9 Å². The Hall–Kier alpha value is -3.50. The van der Waals surface area contributed by atoms with Crippen molar-refractivity contribution in [1.82, 2.24) is 15.0 Å². The van der Waals surface area contributed by atoms with Crippen molar-refractivity contribution in [2.45, 2.75) is 33.4 Å². The molecule has 2 rings (SSSR count). The normalized spacial score (nSPS) is 11.6. The van der Waals surface area contributed by atoms with Crippen molar-refractivity contribution in [3.63, 3.8) is 0 Å². The van der Waals surface area contributed by atoms with Gasteiger partial charge in [0.05, 0.1) is 31.4 Å². The van der Waals surface area contributed by atoms with E-state index < -0.39 is 16.9 Å². The van der Waals surface area contributed by atoms with Crippen LogP contribution in [0.25, 0.3) is 0 Å². The van der Waals surface area contributed by atoms with Crippen LogP contribution in [0.2, 0.25) is 0 Å². The molecule has 2 heterocycles. The minimum atomic E-state index is -0.897. The zero-order chi connectivity index (χ0) is 21.0. The van der Waals surface area contributed by atoms with Crippen LogP contribution in [0.4, 0.5) is 17.5 Å². The Morgan fingerprint density at radius 3 is 2.57 bits per heavy atom. The number of methoxy groups -OCH3 is 2. The van der Waals surface area contributed by atoms with Gasteiger partial charge in [-0.15, -0.1) is 0 Å². The number of carbonyl (C=O) groups excluding carboxylic acids is 1. The summed E-state index contributed by atoms with van der Waals surface area (Å²) in [4.78, 5) is 36.5. The summed E-state index contributed by atoms with van der Waals surface area (Å²) in [6, 6.07) is -0.897. The first kappa shape index (κ1) is 20.8. The maximum atomic E-state index is 12.2. The maximum absolute atomic E-state index is 12.2. The Morgan fingerprint density at radius 2 is 2.00 bits per heavy atom. The zero-order valence-corrected chi connectivity index (χ0v) is 16.3. The molecular formula is C17H22N6O5. The molecule has 28 heavy (non-hydrogen) atoms. The number of aromatic nitrogens is 3. The third-order valence-electron chi connectivity index (χ3n) is 4.32. The fraction of sp³-hybridized carbons (Fsp3) is 0.412. The first-order valence-corrected chi connectivity index (χ1v) is 8.31. The lowest BCUT2D eigenvalue weighted by molar-refractivity contribution is -0.384. The highest BCUT2D eigenvalue weighted by Crippen LogP contribution is 2.31. The third kappa shape index (κ3) is 4.08. The number of nitrogen functional groups attached to an aromatic ring is 1. The summed E-state index contributed by atoms with van der Waals surface area (Å²) in [6.07, 6.45) is 2.63. The quantitative estimate of drug-likeness (QED) is 0.419. The Bertz CT molecular complexity index is 904. The molecule has 0 radical (unpaired) electrons. The molecule has 0 aliphatic carbocycles. The molecule has 2 N–H and O–H groups in total. The number of nitrogens with two attached hydrogens (primary N) is 1. The predicted molar refractivity (Wildman–Crippen MR) is 101 cm³/mol. The lowest BCUT2D eigenvalue weighted by Gasteiger charge is -2.28. The number of pyridine rings is 1. The monoisotopic (exact) mass is 390 g/mol. The van der Waals surface area contributed by atoms with Gasteiger partial charge in [0.25, 0.3) is 0 Å². The molecule has 150 valence electrons. The van der Waals surface area contributed by atoms with E-state index in [2.05, 4.69) is 15.0 Å². The molecule has 0 aliphatic heterocycles. The fourth-order valence-electron chi connectivity index (χ4n) is 2.80. The van der Waals surface area contributed by atoms with Gasteiger partial charge in [-0.25, -0.2) is 9.78 Å². The molecule has 0 spiro atoms. The number of carbonyl (C=O) groups is 1. The average molecular weight is 390 g/mol. The van der Waals surface area contributed by atoms with Crippen LogP contribution in [0.15, 0.2) is 12.4 Å². The first-order valence-electron chi connectivity index (χ1n) is 8.31. The molecule has 0 unspecified atom stereocenters. The highest BCUT2D eigenvalue weighted by atomic mass is 16.6. The summed E-state index contributed by atoms with van der Waals surface area (Å²) in [5, 5.41) is 11.5. The molecule has 0 fully saturated rings. The zero-order valence-electron chi connectivity index (χ0n) is 16.3. The van der Waals surface area contributed by atoms with Gasteiger partial charge in [0, 0.05) is 17.3 Å². The minimum absolute atomic E-state index is 0.0377. The lowest BCUT2D eigenvalue weighted by atomic mass is 10.1. The van der Waals surface area contributed by atoms with Crippen LogP contribution >= 0.6 is 0 Å². The molecule has 0 amide bonds. The molecule has 0 aromatic carbocycles. The lowest BCUT2D eigenvalue weighted by Crippen LogP contribution is -2.40. The van der Waals surface area contributed by atoms with Gasteiger partial charge in [0.15, 0.2) is 0 Å². The molecule has 0 aliphatic rings. The molecule has 2 aromatic rings. The second kappa shape index (κ2) is 8.46. The Labute approximate surface area is 161 Å². The fourth-order valence-corrected chi connectivity index (χ4v) is 2.80. The van der Waals surface area contributed by atoms with Crippen LogP contribution in [-0.2, 0) is 16.1 Å². The molecule has 11 nitrogen and oxygen atoms in total. The summed E-state index contributed by atoms with van der Waals surface area (Å²) in [5.74, 6) is -0.208. The number of hydrogen-bond acceptors (Lipinski definition) is 10. The number of anilines is 2. The largest absolute Gasteiger partial charge is 0.496 e. The smallest absolute Gasteiger partial charge is 0.329 e. The molecule has 0 saturated carbocycles. The van der Waals surface area contributed by atoms with E-state index in [0.29, 0.717) is 11.4 Å². The average Bonchev–Trinajstić information content (AvgIpc) is 2.66. The van der Waals surface area contributed by atoms with Crippen LogP contribution in [0.3, 0.4) is 0 Å². The van der Waals surface area contributed by atoms with Gasteiger partial charge in [-0.3, -0.25) is 15.1 Å². The number of rotatable bonds is 7. The number of nitro groups is 1. The summed E-state index contributed by atoms with van der Waals surface area (Å²) in [6.45, 7) is 5.26. The van der Waals surface area contributed by atoms with E-state index in [9.17, 15) is 14.9 Å². The van der Waals surface area contributed by atoms with Crippen molar-refractivity contribution >= 4 is 23.4 Å².